The van der Waals surface area contributed by atoms with E-state index in [-0.39, 0.29) is 29.5 Å². The van der Waals surface area contributed by atoms with E-state index in [4.69, 9.17) is 27.9 Å². The summed E-state index contributed by atoms with van der Waals surface area (Å²) in [5.74, 6) is -1.03. The lowest BCUT2D eigenvalue weighted by atomic mass is 10.0. The van der Waals surface area contributed by atoms with Crippen molar-refractivity contribution in [2.45, 2.75) is 19.7 Å². The summed E-state index contributed by atoms with van der Waals surface area (Å²) in [6, 6.07) is 13.9. The minimum atomic E-state index is -0.631. The molecule has 0 radical (unpaired) electrons. The summed E-state index contributed by atoms with van der Waals surface area (Å²) in [7, 11) is 0. The van der Waals surface area contributed by atoms with Gasteiger partial charge in [-0.3, -0.25) is 4.79 Å². The topological polar surface area (TPSA) is 61.2 Å². The fourth-order valence-electron chi connectivity index (χ4n) is 2.79. The molecule has 0 amide bonds. The molecule has 0 bridgehead atoms. The third kappa shape index (κ3) is 3.96. The first-order valence-electron chi connectivity index (χ1n) is 8.68. The van der Waals surface area contributed by atoms with Crippen LogP contribution in [0.15, 0.2) is 48.5 Å². The van der Waals surface area contributed by atoms with Crippen LogP contribution in [0.5, 0.6) is 0 Å². The van der Waals surface area contributed by atoms with Gasteiger partial charge in [-0.05, 0) is 38.1 Å². The molecule has 0 aliphatic carbocycles. The Morgan fingerprint density at radius 1 is 1.07 bits per heavy atom. The van der Waals surface area contributed by atoms with Crippen molar-refractivity contribution in [3.63, 3.8) is 0 Å². The molecule has 0 spiro atoms. The zero-order chi connectivity index (χ0) is 20.3. The number of ketones is 1. The maximum atomic E-state index is 13.1. The molecule has 2 aromatic carbocycles. The molecular weight excluding hydrogens is 399 g/mol. The Balaban J connectivity index is 2.19. The molecule has 0 saturated carbocycles. The van der Waals surface area contributed by atoms with E-state index in [9.17, 15) is 9.59 Å². The van der Waals surface area contributed by atoms with Crippen molar-refractivity contribution in [1.82, 2.24) is 9.78 Å². The van der Waals surface area contributed by atoms with Gasteiger partial charge in [0.1, 0.15) is 11.3 Å². The fourth-order valence-corrected chi connectivity index (χ4v) is 3.16. The standard InChI is InChI=1S/C21H18Cl2N2O3/c1-3-28-21(27)18-17(12-22)25(16-10-8-15(23)9-11-16)24-19(18)20(26)14-6-4-13(2)5-7-14/h4-11H,3,12H2,1-2H3. The number of halogens is 2. The molecule has 0 fully saturated rings. The van der Waals surface area contributed by atoms with Crippen LogP contribution < -0.4 is 0 Å². The van der Waals surface area contributed by atoms with Crippen molar-refractivity contribution in [2.24, 2.45) is 0 Å². The van der Waals surface area contributed by atoms with Gasteiger partial charge in [-0.15, -0.1) is 11.6 Å². The van der Waals surface area contributed by atoms with Gasteiger partial charge in [0.15, 0.2) is 0 Å². The first-order chi connectivity index (χ1) is 13.5. The number of ether oxygens (including phenoxy) is 1. The van der Waals surface area contributed by atoms with E-state index in [2.05, 4.69) is 5.10 Å². The van der Waals surface area contributed by atoms with E-state index in [1.54, 1.807) is 43.3 Å². The number of benzene rings is 2. The van der Waals surface area contributed by atoms with Crippen LogP contribution in [0.25, 0.3) is 5.69 Å². The highest BCUT2D eigenvalue weighted by Gasteiger charge is 2.29. The average molecular weight is 417 g/mol. The number of hydrogen-bond acceptors (Lipinski definition) is 4. The van der Waals surface area contributed by atoms with Gasteiger partial charge < -0.3 is 4.74 Å². The summed E-state index contributed by atoms with van der Waals surface area (Å²) in [4.78, 5) is 25.7. The third-order valence-corrected chi connectivity index (χ3v) is 4.69. The summed E-state index contributed by atoms with van der Waals surface area (Å²) in [5, 5.41) is 4.98. The van der Waals surface area contributed by atoms with Crippen LogP contribution in [0.1, 0.15) is 44.6 Å². The lowest BCUT2D eigenvalue weighted by Gasteiger charge is -2.07. The number of nitrogens with zero attached hydrogens (tertiary/aromatic N) is 2. The van der Waals surface area contributed by atoms with Crippen LogP contribution in [-0.4, -0.2) is 28.1 Å². The lowest BCUT2D eigenvalue weighted by molar-refractivity contribution is 0.0522. The van der Waals surface area contributed by atoms with Crippen LogP contribution in [-0.2, 0) is 10.6 Å². The predicted octanol–water partition coefficient (Wildman–Crippen LogP) is 4.98. The van der Waals surface area contributed by atoms with Crippen molar-refractivity contribution in [3.05, 3.63) is 81.6 Å². The van der Waals surface area contributed by atoms with E-state index in [0.29, 0.717) is 22.0 Å². The number of hydrogen-bond donors (Lipinski definition) is 0. The normalized spacial score (nSPS) is 10.7. The van der Waals surface area contributed by atoms with Gasteiger partial charge in [-0.25, -0.2) is 9.48 Å². The minimum Gasteiger partial charge on any atom is -0.462 e. The van der Waals surface area contributed by atoms with Gasteiger partial charge in [0, 0.05) is 10.6 Å². The predicted molar refractivity (Wildman–Crippen MR) is 109 cm³/mol. The maximum absolute atomic E-state index is 13.1. The van der Waals surface area contributed by atoms with E-state index in [1.165, 1.54) is 4.68 Å². The van der Waals surface area contributed by atoms with Gasteiger partial charge in [0.25, 0.3) is 0 Å². The molecule has 0 aliphatic rings. The van der Waals surface area contributed by atoms with E-state index < -0.39 is 5.97 Å². The number of carbonyl (C=O) groups is 2. The second-order valence-electron chi connectivity index (χ2n) is 6.11. The zero-order valence-corrected chi connectivity index (χ0v) is 16.9. The molecular formula is C21H18Cl2N2O3. The molecule has 5 nitrogen and oxygen atoms in total. The number of alkyl halides is 1. The van der Waals surface area contributed by atoms with E-state index >= 15 is 0 Å². The fraction of sp³-hybridized carbons (Fsp3) is 0.190. The van der Waals surface area contributed by atoms with Crippen molar-refractivity contribution in [3.8, 4) is 5.69 Å². The SMILES string of the molecule is CCOC(=O)c1c(C(=O)c2ccc(C)cc2)nn(-c2ccc(Cl)cc2)c1CCl. The summed E-state index contributed by atoms with van der Waals surface area (Å²) < 4.78 is 6.64. The summed E-state index contributed by atoms with van der Waals surface area (Å²) in [5.41, 5.74) is 2.56. The Bertz CT molecular complexity index is 1010. The highest BCUT2D eigenvalue weighted by molar-refractivity contribution is 6.30. The largest absolute Gasteiger partial charge is 0.462 e. The quantitative estimate of drug-likeness (QED) is 0.322. The van der Waals surface area contributed by atoms with E-state index in [0.717, 1.165) is 5.56 Å². The van der Waals surface area contributed by atoms with Crippen molar-refractivity contribution in [2.75, 3.05) is 6.61 Å². The van der Waals surface area contributed by atoms with Crippen LogP contribution in [0.4, 0.5) is 0 Å². The van der Waals surface area contributed by atoms with Gasteiger partial charge in [-0.1, -0.05) is 41.4 Å². The number of carbonyl (C=O) groups excluding carboxylic acids is 2. The molecule has 144 valence electrons. The Labute approximate surface area is 172 Å². The minimum absolute atomic E-state index is 0.00732. The van der Waals surface area contributed by atoms with Crippen molar-refractivity contribution >= 4 is 35.0 Å². The molecule has 3 aromatic rings. The lowest BCUT2D eigenvalue weighted by Crippen LogP contribution is -2.13. The number of esters is 1. The van der Waals surface area contributed by atoms with Gasteiger partial charge >= 0.3 is 5.97 Å². The highest BCUT2D eigenvalue weighted by Crippen LogP contribution is 2.25. The monoisotopic (exact) mass is 416 g/mol. The third-order valence-electron chi connectivity index (χ3n) is 4.19. The van der Waals surface area contributed by atoms with Crippen molar-refractivity contribution < 1.29 is 14.3 Å². The van der Waals surface area contributed by atoms with Crippen LogP contribution >= 0.6 is 23.2 Å². The van der Waals surface area contributed by atoms with Crippen molar-refractivity contribution in [1.29, 1.82) is 0 Å². The first kappa shape index (κ1) is 20.1. The Hall–Kier alpha value is -2.63. The second kappa shape index (κ2) is 8.59. The summed E-state index contributed by atoms with van der Waals surface area (Å²) in [6.45, 7) is 3.80. The smallest absolute Gasteiger partial charge is 0.342 e. The molecule has 1 aromatic heterocycles. The molecule has 0 N–H and O–H groups in total. The Morgan fingerprint density at radius 3 is 2.29 bits per heavy atom. The molecule has 3 rings (SSSR count). The molecule has 0 atom stereocenters. The molecule has 1 heterocycles. The number of aromatic nitrogens is 2. The van der Waals surface area contributed by atoms with Crippen LogP contribution in [0.3, 0.4) is 0 Å². The van der Waals surface area contributed by atoms with Gasteiger partial charge in [0.05, 0.1) is 23.9 Å². The maximum Gasteiger partial charge on any atom is 0.342 e. The molecule has 28 heavy (non-hydrogen) atoms. The second-order valence-corrected chi connectivity index (χ2v) is 6.81. The number of rotatable bonds is 6. The first-order valence-corrected chi connectivity index (χ1v) is 9.59. The Morgan fingerprint density at radius 2 is 1.71 bits per heavy atom. The molecule has 0 aliphatic heterocycles. The summed E-state index contributed by atoms with van der Waals surface area (Å²) in [6.07, 6.45) is 0. The van der Waals surface area contributed by atoms with E-state index in [1.807, 2.05) is 19.1 Å². The van der Waals surface area contributed by atoms with Crippen LogP contribution in [0.2, 0.25) is 5.02 Å². The van der Waals surface area contributed by atoms with Crippen LogP contribution in [0, 0.1) is 6.92 Å². The highest BCUT2D eigenvalue weighted by atomic mass is 35.5. The molecule has 0 saturated heterocycles. The summed E-state index contributed by atoms with van der Waals surface area (Å²) >= 11 is 12.1. The molecule has 7 heteroatoms. The number of aryl methyl sites for hydroxylation is 1. The Kier molecular flexibility index (Phi) is 6.17. The van der Waals surface area contributed by atoms with Gasteiger partial charge in [0.2, 0.25) is 5.78 Å². The molecule has 0 unspecified atom stereocenters. The van der Waals surface area contributed by atoms with Gasteiger partial charge in [-0.2, -0.15) is 5.10 Å². The average Bonchev–Trinajstić information content (AvgIpc) is 3.08. The zero-order valence-electron chi connectivity index (χ0n) is 15.4.